The molecule has 1 fully saturated rings. The van der Waals surface area contributed by atoms with Crippen LogP contribution in [0.3, 0.4) is 0 Å². The molecule has 0 saturated carbocycles. The van der Waals surface area contributed by atoms with E-state index in [0.29, 0.717) is 6.61 Å². The molecule has 0 radical (unpaired) electrons. The first-order chi connectivity index (χ1) is 11.6. The van der Waals surface area contributed by atoms with Crippen LogP contribution in [0.1, 0.15) is 18.4 Å². The molecule has 0 spiro atoms. The van der Waals surface area contributed by atoms with E-state index in [2.05, 4.69) is 44.8 Å². The molecule has 24 heavy (non-hydrogen) atoms. The Hall–Kier alpha value is -1.79. The van der Waals surface area contributed by atoms with Crippen molar-refractivity contribution in [3.63, 3.8) is 0 Å². The number of nitrogens with zero attached hydrogens (tertiary/aromatic N) is 2. The van der Waals surface area contributed by atoms with Crippen LogP contribution in [0.5, 0.6) is 0 Å². The number of hydrogen-bond donors (Lipinski definition) is 3. The number of benzene rings is 1. The van der Waals surface area contributed by atoms with Crippen LogP contribution in [0.25, 0.3) is 0 Å². The summed E-state index contributed by atoms with van der Waals surface area (Å²) in [4.78, 5) is 6.37. The average molecular weight is 334 g/mol. The molecule has 0 aliphatic carbocycles. The van der Waals surface area contributed by atoms with E-state index in [1.54, 1.807) is 7.05 Å². The van der Waals surface area contributed by atoms with Crippen molar-refractivity contribution in [2.45, 2.75) is 19.4 Å². The number of aliphatic imine (C=N–C) groups is 1. The van der Waals surface area contributed by atoms with Crippen molar-refractivity contribution >= 4 is 11.6 Å². The fourth-order valence-electron chi connectivity index (χ4n) is 2.90. The highest BCUT2D eigenvalue weighted by molar-refractivity contribution is 5.79. The number of guanidine groups is 1. The maximum atomic E-state index is 9.30. The van der Waals surface area contributed by atoms with Gasteiger partial charge in [-0.05, 0) is 30.5 Å². The number of aliphatic hydroxyl groups excluding tert-OH is 1. The quantitative estimate of drug-likeness (QED) is 0.516. The molecule has 1 heterocycles. The van der Waals surface area contributed by atoms with Gasteiger partial charge in [-0.25, -0.2) is 0 Å². The van der Waals surface area contributed by atoms with Crippen LogP contribution in [0, 0.1) is 5.41 Å². The molecule has 134 valence electrons. The summed E-state index contributed by atoms with van der Waals surface area (Å²) < 4.78 is 5.52. The molecular formula is C18H30N4O2. The Morgan fingerprint density at radius 3 is 2.58 bits per heavy atom. The molecule has 0 amide bonds. The minimum atomic E-state index is 0.0136. The first-order valence-electron chi connectivity index (χ1n) is 8.48. The van der Waals surface area contributed by atoms with Gasteiger partial charge in [0.25, 0.3) is 0 Å². The predicted octanol–water partition coefficient (Wildman–Crippen LogP) is 1.21. The number of rotatable bonds is 7. The maximum absolute atomic E-state index is 9.30. The van der Waals surface area contributed by atoms with Gasteiger partial charge < -0.3 is 25.4 Å². The van der Waals surface area contributed by atoms with Crippen LogP contribution < -0.4 is 15.5 Å². The highest BCUT2D eigenvalue weighted by atomic mass is 16.5. The monoisotopic (exact) mass is 334 g/mol. The zero-order chi connectivity index (χ0) is 17.4. The van der Waals surface area contributed by atoms with Gasteiger partial charge in [0.2, 0.25) is 0 Å². The summed E-state index contributed by atoms with van der Waals surface area (Å²) in [6.45, 7) is 3.13. The van der Waals surface area contributed by atoms with E-state index in [1.807, 2.05) is 14.1 Å². The van der Waals surface area contributed by atoms with E-state index in [4.69, 9.17) is 4.74 Å². The van der Waals surface area contributed by atoms with Gasteiger partial charge in [-0.15, -0.1) is 0 Å². The lowest BCUT2D eigenvalue weighted by Gasteiger charge is -2.27. The highest BCUT2D eigenvalue weighted by Gasteiger charge is 2.34. The van der Waals surface area contributed by atoms with Crippen molar-refractivity contribution in [3.8, 4) is 0 Å². The molecule has 1 aliphatic rings. The molecule has 0 aromatic heterocycles. The lowest BCUT2D eigenvalue weighted by atomic mass is 9.84. The third-order valence-electron chi connectivity index (χ3n) is 4.59. The van der Waals surface area contributed by atoms with E-state index in [-0.39, 0.29) is 12.0 Å². The molecule has 1 aliphatic heterocycles. The third-order valence-corrected chi connectivity index (χ3v) is 4.59. The van der Waals surface area contributed by atoms with Crippen LogP contribution in [-0.2, 0) is 11.3 Å². The SMILES string of the molecule is CN=C(NCc1ccc(N(C)C)cc1)NCC1(CCO)CCOC1. The Balaban J connectivity index is 1.84. The molecule has 0 bridgehead atoms. The van der Waals surface area contributed by atoms with E-state index in [1.165, 1.54) is 11.3 Å². The van der Waals surface area contributed by atoms with Crippen molar-refractivity contribution in [1.82, 2.24) is 10.6 Å². The van der Waals surface area contributed by atoms with Gasteiger partial charge in [-0.3, -0.25) is 4.99 Å². The molecule has 3 N–H and O–H groups in total. The van der Waals surface area contributed by atoms with Crippen LogP contribution in [0.15, 0.2) is 29.3 Å². The van der Waals surface area contributed by atoms with Gasteiger partial charge in [0.15, 0.2) is 5.96 Å². The van der Waals surface area contributed by atoms with Gasteiger partial charge in [-0.2, -0.15) is 0 Å². The van der Waals surface area contributed by atoms with Gasteiger partial charge in [0, 0.05) is 58.5 Å². The van der Waals surface area contributed by atoms with Crippen molar-refractivity contribution in [3.05, 3.63) is 29.8 Å². The maximum Gasteiger partial charge on any atom is 0.191 e. The highest BCUT2D eigenvalue weighted by Crippen LogP contribution is 2.31. The second kappa shape index (κ2) is 8.89. The number of nitrogens with one attached hydrogen (secondary N) is 2. The third kappa shape index (κ3) is 5.11. The minimum absolute atomic E-state index is 0.0136. The summed E-state index contributed by atoms with van der Waals surface area (Å²) in [5.41, 5.74) is 2.41. The van der Waals surface area contributed by atoms with E-state index in [9.17, 15) is 5.11 Å². The molecule has 2 rings (SSSR count). The molecule has 6 nitrogen and oxygen atoms in total. The molecule has 1 saturated heterocycles. The summed E-state index contributed by atoms with van der Waals surface area (Å²) in [5.74, 6) is 0.774. The minimum Gasteiger partial charge on any atom is -0.396 e. The van der Waals surface area contributed by atoms with E-state index >= 15 is 0 Å². The molecule has 1 atom stereocenters. The zero-order valence-corrected chi connectivity index (χ0v) is 15.0. The Bertz CT molecular complexity index is 522. The number of aliphatic hydroxyl groups is 1. The van der Waals surface area contributed by atoms with Crippen molar-refractivity contribution in [1.29, 1.82) is 0 Å². The Kier molecular flexibility index (Phi) is 6.87. The van der Waals surface area contributed by atoms with E-state index in [0.717, 1.165) is 38.5 Å². The largest absolute Gasteiger partial charge is 0.396 e. The normalized spacial score (nSPS) is 20.9. The van der Waals surface area contributed by atoms with Crippen LogP contribution in [-0.4, -0.2) is 58.6 Å². The summed E-state index contributed by atoms with van der Waals surface area (Å²) in [6.07, 6.45) is 1.73. The van der Waals surface area contributed by atoms with E-state index < -0.39 is 0 Å². The second-order valence-corrected chi connectivity index (χ2v) is 6.62. The molecule has 1 aromatic carbocycles. The standard InChI is InChI=1S/C18H30N4O2/c1-19-17(21-13-18(8-10-23)9-11-24-14-18)20-12-15-4-6-16(7-5-15)22(2)3/h4-7,23H,8-14H2,1-3H3,(H2,19,20,21). The van der Waals surface area contributed by atoms with Crippen LogP contribution in [0.2, 0.25) is 0 Å². The lowest BCUT2D eigenvalue weighted by Crippen LogP contribution is -2.44. The fourth-order valence-corrected chi connectivity index (χ4v) is 2.90. The first kappa shape index (κ1) is 18.5. The smallest absolute Gasteiger partial charge is 0.191 e. The second-order valence-electron chi connectivity index (χ2n) is 6.62. The summed E-state index contributed by atoms with van der Waals surface area (Å²) in [5, 5.41) is 16.0. The Morgan fingerprint density at radius 2 is 2.04 bits per heavy atom. The molecule has 1 unspecified atom stereocenters. The van der Waals surface area contributed by atoms with Gasteiger partial charge in [0.1, 0.15) is 0 Å². The fraction of sp³-hybridized carbons (Fsp3) is 0.611. The Morgan fingerprint density at radius 1 is 1.29 bits per heavy atom. The zero-order valence-electron chi connectivity index (χ0n) is 15.0. The van der Waals surface area contributed by atoms with Gasteiger partial charge >= 0.3 is 0 Å². The van der Waals surface area contributed by atoms with Gasteiger partial charge in [-0.1, -0.05) is 12.1 Å². The number of anilines is 1. The average Bonchev–Trinajstić information content (AvgIpc) is 3.04. The Labute approximate surface area is 144 Å². The molecule has 1 aromatic rings. The van der Waals surface area contributed by atoms with Crippen molar-refractivity contribution in [2.24, 2.45) is 10.4 Å². The van der Waals surface area contributed by atoms with Crippen LogP contribution >= 0.6 is 0 Å². The topological polar surface area (TPSA) is 69.1 Å². The summed E-state index contributed by atoms with van der Waals surface area (Å²) >= 11 is 0. The number of ether oxygens (including phenoxy) is 1. The molecular weight excluding hydrogens is 304 g/mol. The van der Waals surface area contributed by atoms with Gasteiger partial charge in [0.05, 0.1) is 6.61 Å². The first-order valence-corrected chi connectivity index (χ1v) is 8.48. The van der Waals surface area contributed by atoms with Crippen molar-refractivity contribution in [2.75, 3.05) is 52.4 Å². The summed E-state index contributed by atoms with van der Waals surface area (Å²) in [7, 11) is 5.84. The molecule has 6 heteroatoms. The van der Waals surface area contributed by atoms with Crippen molar-refractivity contribution < 1.29 is 9.84 Å². The summed E-state index contributed by atoms with van der Waals surface area (Å²) in [6, 6.07) is 8.46. The van der Waals surface area contributed by atoms with Crippen LogP contribution in [0.4, 0.5) is 5.69 Å². The lowest BCUT2D eigenvalue weighted by molar-refractivity contribution is 0.127. The predicted molar refractivity (Wildman–Crippen MR) is 98.5 cm³/mol. The number of hydrogen-bond acceptors (Lipinski definition) is 4.